The monoisotopic (exact) mass is 625 g/mol. The first kappa shape index (κ1) is 29.7. The molecule has 2 aromatic carbocycles. The van der Waals surface area contributed by atoms with Crippen molar-refractivity contribution < 1.29 is 19.0 Å². The Labute approximate surface area is 267 Å². The number of methoxy groups -OCH3 is 2. The van der Waals surface area contributed by atoms with Gasteiger partial charge in [0.25, 0.3) is 0 Å². The van der Waals surface area contributed by atoms with E-state index in [1.54, 1.807) is 18.4 Å². The fraction of sp³-hybridized carbons (Fsp3) is 0.429. The fourth-order valence-corrected chi connectivity index (χ4v) is 7.69. The molecular formula is C35H39N5O4S. The van der Waals surface area contributed by atoms with Crippen LogP contribution >= 0.6 is 11.3 Å². The summed E-state index contributed by atoms with van der Waals surface area (Å²) < 4.78 is 20.2. The van der Waals surface area contributed by atoms with Crippen molar-refractivity contribution in [3.63, 3.8) is 0 Å². The Bertz CT molecular complexity index is 1890. The second-order valence-electron chi connectivity index (χ2n) is 12.3. The molecule has 2 aliphatic rings. The van der Waals surface area contributed by atoms with Crippen LogP contribution in [0, 0.1) is 6.92 Å². The van der Waals surface area contributed by atoms with E-state index in [-0.39, 0.29) is 24.4 Å². The normalized spacial score (nSPS) is 17.6. The zero-order valence-corrected chi connectivity index (χ0v) is 27.3. The number of ether oxygens (including phenoxy) is 3. The quantitative estimate of drug-likeness (QED) is 0.168. The van der Waals surface area contributed by atoms with Gasteiger partial charge in [0.05, 0.1) is 26.2 Å². The first-order chi connectivity index (χ1) is 21.9. The molecule has 0 saturated heterocycles. The molecule has 45 heavy (non-hydrogen) atoms. The predicted molar refractivity (Wildman–Crippen MR) is 175 cm³/mol. The Morgan fingerprint density at radius 2 is 2.02 bits per heavy atom. The summed E-state index contributed by atoms with van der Waals surface area (Å²) in [6.45, 7) is 6.43. The number of esters is 1. The van der Waals surface area contributed by atoms with Gasteiger partial charge in [0, 0.05) is 43.4 Å². The molecule has 1 aliphatic carbocycles. The minimum absolute atomic E-state index is 0.0535. The second kappa shape index (κ2) is 12.1. The molecule has 3 aromatic heterocycles. The zero-order chi connectivity index (χ0) is 31.2. The lowest BCUT2D eigenvalue weighted by atomic mass is 9.83. The summed E-state index contributed by atoms with van der Waals surface area (Å²) in [6, 6.07) is 12.9. The molecule has 1 fully saturated rings. The number of benzene rings is 2. The van der Waals surface area contributed by atoms with Gasteiger partial charge < -0.3 is 14.2 Å². The zero-order valence-electron chi connectivity index (χ0n) is 26.5. The number of carbonyl (C=O) groups is 1. The Morgan fingerprint density at radius 1 is 1.18 bits per heavy atom. The molecule has 0 bridgehead atoms. The molecule has 5 aromatic rings. The van der Waals surface area contributed by atoms with Gasteiger partial charge in [-0.25, -0.2) is 9.67 Å². The number of pyridine rings is 1. The molecule has 1 unspecified atom stereocenters. The predicted octanol–water partition coefficient (Wildman–Crippen LogP) is 6.64. The molecule has 2 atom stereocenters. The maximum atomic E-state index is 13.0. The first-order valence-electron chi connectivity index (χ1n) is 15.7. The van der Waals surface area contributed by atoms with Crippen LogP contribution < -0.4 is 9.47 Å². The number of rotatable bonds is 9. The smallest absolute Gasteiger partial charge is 0.306 e. The van der Waals surface area contributed by atoms with E-state index in [0.717, 1.165) is 71.5 Å². The maximum Gasteiger partial charge on any atom is 0.306 e. The Hall–Kier alpha value is -4.02. The van der Waals surface area contributed by atoms with Gasteiger partial charge in [-0.05, 0) is 88.9 Å². The number of carbonyl (C=O) groups excluding carboxylic acids is 1. The van der Waals surface area contributed by atoms with Gasteiger partial charge in [0.1, 0.15) is 23.1 Å². The Morgan fingerprint density at radius 3 is 2.78 bits per heavy atom. The Kier molecular flexibility index (Phi) is 7.95. The van der Waals surface area contributed by atoms with Crippen molar-refractivity contribution in [2.45, 2.75) is 70.6 Å². The molecule has 7 rings (SSSR count). The van der Waals surface area contributed by atoms with Gasteiger partial charge in [-0.2, -0.15) is 0 Å². The molecule has 234 valence electrons. The third-order valence-electron chi connectivity index (χ3n) is 9.34. The first-order valence-corrected chi connectivity index (χ1v) is 16.6. The van der Waals surface area contributed by atoms with Crippen molar-refractivity contribution in [1.82, 2.24) is 24.9 Å². The molecule has 0 amide bonds. The largest absolute Gasteiger partial charge is 0.487 e. The number of thiophene rings is 1. The summed E-state index contributed by atoms with van der Waals surface area (Å²) >= 11 is 1.76. The van der Waals surface area contributed by atoms with Gasteiger partial charge in [-0.3, -0.25) is 9.69 Å². The van der Waals surface area contributed by atoms with Crippen molar-refractivity contribution in [2.24, 2.45) is 7.05 Å². The van der Waals surface area contributed by atoms with E-state index in [9.17, 15) is 4.79 Å². The van der Waals surface area contributed by atoms with Crippen molar-refractivity contribution in [1.29, 1.82) is 0 Å². The van der Waals surface area contributed by atoms with E-state index in [2.05, 4.69) is 58.7 Å². The summed E-state index contributed by atoms with van der Waals surface area (Å²) in [6.07, 6.45) is 3.52. The highest BCUT2D eigenvalue weighted by Gasteiger charge is 2.32. The van der Waals surface area contributed by atoms with Crippen LogP contribution in [0.1, 0.15) is 78.0 Å². The summed E-state index contributed by atoms with van der Waals surface area (Å²) in [4.78, 5) is 20.1. The minimum atomic E-state index is -0.231. The van der Waals surface area contributed by atoms with Gasteiger partial charge in [-0.1, -0.05) is 24.3 Å². The van der Waals surface area contributed by atoms with Crippen molar-refractivity contribution in [3.05, 3.63) is 75.3 Å². The van der Waals surface area contributed by atoms with Crippen LogP contribution in [0.2, 0.25) is 0 Å². The molecule has 1 saturated carbocycles. The summed E-state index contributed by atoms with van der Waals surface area (Å²) in [5.41, 5.74) is 8.70. The van der Waals surface area contributed by atoms with Crippen LogP contribution in [-0.2, 0) is 29.7 Å². The lowest BCUT2D eigenvalue weighted by Gasteiger charge is -2.25. The third kappa shape index (κ3) is 5.66. The standard InChI is InChI=1S/C35H39N5O4S/c1-6-25-18-40(19-29-30(44-25)9-10-31(36-29)42-4)17-24-14-23(13-22-11-12-45-35(22)24)27(16-32(41)43-5)26-15-28(21-7-8-21)34-33(20(26)2)37-38-39(34)3/h9-15,21,25,27H,6-8,16-19H2,1-5H3/t25-,27?/m1/s1. The minimum Gasteiger partial charge on any atom is -0.487 e. The highest BCUT2D eigenvalue weighted by molar-refractivity contribution is 7.17. The molecule has 0 spiro atoms. The molecule has 0 N–H and O–H groups in total. The lowest BCUT2D eigenvalue weighted by Crippen LogP contribution is -2.32. The van der Waals surface area contributed by atoms with Gasteiger partial charge >= 0.3 is 5.97 Å². The molecular weight excluding hydrogens is 586 g/mol. The number of hydrogen-bond donors (Lipinski definition) is 0. The SMILES string of the molecule is CC[C@@H]1CN(Cc2cc(C(CC(=O)OC)c3cc(C4CC4)c4c(nnn4C)c3C)cc3ccsc23)Cc2nc(OC)ccc2O1. The second-order valence-corrected chi connectivity index (χ2v) is 13.2. The summed E-state index contributed by atoms with van der Waals surface area (Å²) in [7, 11) is 5.07. The molecule has 0 radical (unpaired) electrons. The van der Waals surface area contributed by atoms with Crippen molar-refractivity contribution in [2.75, 3.05) is 20.8 Å². The van der Waals surface area contributed by atoms with Crippen LogP contribution in [0.4, 0.5) is 0 Å². The van der Waals surface area contributed by atoms with E-state index < -0.39 is 0 Å². The van der Waals surface area contributed by atoms with E-state index >= 15 is 0 Å². The van der Waals surface area contributed by atoms with Crippen LogP contribution in [0.25, 0.3) is 21.1 Å². The van der Waals surface area contributed by atoms with E-state index in [0.29, 0.717) is 18.3 Å². The van der Waals surface area contributed by atoms with E-state index in [4.69, 9.17) is 19.2 Å². The molecule has 10 heteroatoms. The number of hydrogen-bond acceptors (Lipinski definition) is 9. The van der Waals surface area contributed by atoms with Crippen molar-refractivity contribution in [3.8, 4) is 11.6 Å². The molecule has 9 nitrogen and oxygen atoms in total. The van der Waals surface area contributed by atoms with Gasteiger partial charge in [0.2, 0.25) is 5.88 Å². The number of fused-ring (bicyclic) bond motifs is 3. The lowest BCUT2D eigenvalue weighted by molar-refractivity contribution is -0.140. The molecule has 1 aliphatic heterocycles. The highest BCUT2D eigenvalue weighted by atomic mass is 32.1. The fourth-order valence-electron chi connectivity index (χ4n) is 6.80. The van der Waals surface area contributed by atoms with Crippen molar-refractivity contribution >= 4 is 38.4 Å². The van der Waals surface area contributed by atoms with Crippen LogP contribution in [-0.4, -0.2) is 57.7 Å². The number of nitrogens with zero attached hydrogens (tertiary/aromatic N) is 5. The Balaban J connectivity index is 1.32. The highest BCUT2D eigenvalue weighted by Crippen LogP contribution is 2.46. The van der Waals surface area contributed by atoms with E-state index in [1.807, 2.05) is 23.9 Å². The number of aryl methyl sites for hydroxylation is 2. The third-order valence-corrected chi connectivity index (χ3v) is 10.3. The average Bonchev–Trinajstić information content (AvgIpc) is 3.70. The summed E-state index contributed by atoms with van der Waals surface area (Å²) in [5, 5.41) is 12.3. The number of aromatic nitrogens is 4. The van der Waals surface area contributed by atoms with Crippen LogP contribution in [0.15, 0.2) is 41.8 Å². The topological polar surface area (TPSA) is 91.6 Å². The van der Waals surface area contributed by atoms with E-state index in [1.165, 1.54) is 28.3 Å². The van der Waals surface area contributed by atoms with Crippen LogP contribution in [0.5, 0.6) is 11.6 Å². The summed E-state index contributed by atoms with van der Waals surface area (Å²) in [5.74, 6) is 1.49. The average molecular weight is 626 g/mol. The molecule has 4 heterocycles. The van der Waals surface area contributed by atoms with Crippen LogP contribution in [0.3, 0.4) is 0 Å². The van der Waals surface area contributed by atoms with Gasteiger partial charge in [-0.15, -0.1) is 16.4 Å². The maximum absolute atomic E-state index is 13.0. The van der Waals surface area contributed by atoms with Gasteiger partial charge in [0.15, 0.2) is 0 Å².